The van der Waals surface area contributed by atoms with E-state index in [1.165, 1.54) is 22.9 Å². The van der Waals surface area contributed by atoms with Gasteiger partial charge >= 0.3 is 0 Å². The lowest BCUT2D eigenvalue weighted by Gasteiger charge is -2.19. The summed E-state index contributed by atoms with van der Waals surface area (Å²) in [5, 5.41) is 22.7. The molecule has 2 fully saturated rings. The minimum atomic E-state index is 0.0768. The molecule has 2 aliphatic heterocycles. The van der Waals surface area contributed by atoms with E-state index in [1.54, 1.807) is 12.3 Å². The fraction of sp³-hybridized carbons (Fsp3) is 0.304. The van der Waals surface area contributed by atoms with Crippen LogP contribution in [0.5, 0.6) is 11.5 Å². The summed E-state index contributed by atoms with van der Waals surface area (Å²) in [6.45, 7) is 7.42. The van der Waals surface area contributed by atoms with Gasteiger partial charge in [0.15, 0.2) is 0 Å². The number of nitriles is 1. The van der Waals surface area contributed by atoms with E-state index in [0.29, 0.717) is 54.6 Å². The van der Waals surface area contributed by atoms with Gasteiger partial charge in [0.1, 0.15) is 30.8 Å². The summed E-state index contributed by atoms with van der Waals surface area (Å²) in [5.74, 6) is 1.31. The average molecular weight is 783 g/mol. The summed E-state index contributed by atoms with van der Waals surface area (Å²) in [4.78, 5) is 27.4. The second kappa shape index (κ2) is 18.5. The van der Waals surface area contributed by atoms with E-state index in [4.69, 9.17) is 21.1 Å². The van der Waals surface area contributed by atoms with Gasteiger partial charge in [-0.05, 0) is 83.3 Å². The molecule has 0 saturated carbocycles. The van der Waals surface area contributed by atoms with Crippen LogP contribution in [-0.4, -0.2) is 42.0 Å². The zero-order chi connectivity index (χ0) is 39.7. The molecule has 3 heterocycles. The molecular weight excluding hydrogens is 736 g/mol. The predicted molar refractivity (Wildman–Crippen MR) is 222 cm³/mol. The standard InChI is InChI=1S/C46H47ClN6O4/c1-29-35(5-3-7-40(29)41-8-4-6-39(30(41)2)34-11-9-31(10-12-34)21-50-25-37-13-15-45(54)52-37)28-57-44-19-43(56-27-33-17-32(20-48)22-49-23-33)36(18-42(44)47)24-51-26-38-14-16-46(55)53-38/h3-12,17-19,22-23,37-38,50-51H,13-16,21,24-28H2,1-2H3,(H,52,54)(H,53,55). The molecule has 4 N–H and O–H groups in total. The molecule has 0 aliphatic carbocycles. The van der Waals surface area contributed by atoms with Gasteiger partial charge in [-0.25, -0.2) is 0 Å². The lowest BCUT2D eigenvalue weighted by Crippen LogP contribution is -2.35. The molecule has 11 heteroatoms. The highest BCUT2D eigenvalue weighted by Gasteiger charge is 2.22. The van der Waals surface area contributed by atoms with Gasteiger partial charge in [-0.3, -0.25) is 14.6 Å². The van der Waals surface area contributed by atoms with Crippen molar-refractivity contribution in [3.8, 4) is 39.8 Å². The number of ether oxygens (including phenoxy) is 2. The lowest BCUT2D eigenvalue weighted by atomic mass is 9.89. The number of nitrogens with one attached hydrogen (secondary N) is 4. The van der Waals surface area contributed by atoms with Gasteiger partial charge in [0.2, 0.25) is 11.8 Å². The lowest BCUT2D eigenvalue weighted by molar-refractivity contribution is -0.120. The van der Waals surface area contributed by atoms with Crippen LogP contribution < -0.4 is 30.7 Å². The topological polar surface area (TPSA) is 137 Å². The van der Waals surface area contributed by atoms with Crippen LogP contribution >= 0.6 is 11.6 Å². The Labute approximate surface area is 339 Å². The molecule has 7 rings (SSSR count). The maximum absolute atomic E-state index is 11.7. The number of benzene rings is 4. The Morgan fingerprint density at radius 2 is 1.39 bits per heavy atom. The normalized spacial score (nSPS) is 16.2. The first-order chi connectivity index (χ1) is 27.7. The van der Waals surface area contributed by atoms with Crippen molar-refractivity contribution in [1.29, 1.82) is 5.26 Å². The second-order valence-corrected chi connectivity index (χ2v) is 15.2. The number of hydrogen-bond donors (Lipinski definition) is 4. The van der Waals surface area contributed by atoms with Gasteiger partial charge in [0.05, 0.1) is 10.6 Å². The minimum Gasteiger partial charge on any atom is -0.488 e. The summed E-state index contributed by atoms with van der Waals surface area (Å²) >= 11 is 6.85. The van der Waals surface area contributed by atoms with Crippen LogP contribution in [0.15, 0.2) is 91.3 Å². The van der Waals surface area contributed by atoms with Gasteiger partial charge in [0, 0.05) is 80.7 Å². The first-order valence-electron chi connectivity index (χ1n) is 19.4. The van der Waals surface area contributed by atoms with Crippen LogP contribution in [0.25, 0.3) is 22.3 Å². The Kier molecular flexibility index (Phi) is 12.8. The van der Waals surface area contributed by atoms with Gasteiger partial charge in [-0.1, -0.05) is 72.3 Å². The summed E-state index contributed by atoms with van der Waals surface area (Å²) in [5.41, 5.74) is 11.3. The van der Waals surface area contributed by atoms with Crippen LogP contribution in [-0.2, 0) is 35.9 Å². The smallest absolute Gasteiger partial charge is 0.220 e. The summed E-state index contributed by atoms with van der Waals surface area (Å²) in [7, 11) is 0. The molecular formula is C46H47ClN6O4. The Morgan fingerprint density at radius 3 is 2.07 bits per heavy atom. The molecule has 0 bridgehead atoms. The minimum absolute atomic E-state index is 0.0768. The number of rotatable bonds is 16. The van der Waals surface area contributed by atoms with Crippen LogP contribution in [0.4, 0.5) is 0 Å². The van der Waals surface area contributed by atoms with Crippen LogP contribution in [0.2, 0.25) is 5.02 Å². The number of aromatic nitrogens is 1. The first-order valence-corrected chi connectivity index (χ1v) is 19.8. The Morgan fingerprint density at radius 1 is 0.737 bits per heavy atom. The Bertz CT molecular complexity index is 2290. The Balaban J connectivity index is 1.05. The van der Waals surface area contributed by atoms with Crippen molar-refractivity contribution in [2.45, 2.75) is 77.9 Å². The molecule has 4 aromatic carbocycles. The number of halogens is 1. The van der Waals surface area contributed by atoms with E-state index in [9.17, 15) is 14.9 Å². The molecule has 1 aromatic heterocycles. The quantitative estimate of drug-likeness (QED) is 0.0811. The maximum atomic E-state index is 11.7. The molecule has 10 nitrogen and oxygen atoms in total. The van der Waals surface area contributed by atoms with Crippen molar-refractivity contribution in [1.82, 2.24) is 26.3 Å². The zero-order valence-corrected chi connectivity index (χ0v) is 33.0. The number of pyridine rings is 1. The van der Waals surface area contributed by atoms with Crippen LogP contribution in [0.1, 0.15) is 64.6 Å². The van der Waals surface area contributed by atoms with Crippen molar-refractivity contribution in [2.75, 3.05) is 13.1 Å². The SMILES string of the molecule is Cc1c(COc2cc(OCc3cncc(C#N)c3)c(CNCC3CCC(=O)N3)cc2Cl)cccc1-c1cccc(-c2ccc(CNCC3CCC(=O)N3)cc2)c1C. The van der Waals surface area contributed by atoms with Crippen LogP contribution in [0, 0.1) is 25.2 Å². The first kappa shape index (κ1) is 39.5. The Hall–Kier alpha value is -5.73. The van der Waals surface area contributed by atoms with Crippen LogP contribution in [0.3, 0.4) is 0 Å². The molecule has 2 saturated heterocycles. The highest BCUT2D eigenvalue weighted by molar-refractivity contribution is 6.32. The number of nitrogens with zero attached hydrogens (tertiary/aromatic N) is 2. The molecule has 5 aromatic rings. The summed E-state index contributed by atoms with van der Waals surface area (Å²) < 4.78 is 12.7. The highest BCUT2D eigenvalue weighted by atomic mass is 35.5. The molecule has 2 aliphatic rings. The van der Waals surface area contributed by atoms with Crippen molar-refractivity contribution in [3.05, 3.63) is 135 Å². The fourth-order valence-corrected chi connectivity index (χ4v) is 7.75. The van der Waals surface area contributed by atoms with E-state index in [0.717, 1.165) is 64.9 Å². The number of carbonyl (C=O) groups is 2. The van der Waals surface area contributed by atoms with Gasteiger partial charge < -0.3 is 30.7 Å². The van der Waals surface area contributed by atoms with E-state index < -0.39 is 0 Å². The molecule has 57 heavy (non-hydrogen) atoms. The van der Waals surface area contributed by atoms with E-state index >= 15 is 0 Å². The van der Waals surface area contributed by atoms with E-state index in [-0.39, 0.29) is 30.5 Å². The van der Waals surface area contributed by atoms with Crippen molar-refractivity contribution in [2.24, 2.45) is 0 Å². The van der Waals surface area contributed by atoms with Gasteiger partial charge in [0.25, 0.3) is 0 Å². The third-order valence-electron chi connectivity index (χ3n) is 10.7. The monoisotopic (exact) mass is 782 g/mol. The van der Waals surface area contributed by atoms with E-state index in [1.807, 2.05) is 12.1 Å². The number of amides is 2. The third-order valence-corrected chi connectivity index (χ3v) is 11.0. The van der Waals surface area contributed by atoms with E-state index in [2.05, 4.69) is 107 Å². The molecule has 2 amide bonds. The maximum Gasteiger partial charge on any atom is 0.220 e. The average Bonchev–Trinajstić information content (AvgIpc) is 3.84. The predicted octanol–water partition coefficient (Wildman–Crippen LogP) is 7.45. The van der Waals surface area contributed by atoms with Crippen molar-refractivity contribution in [3.63, 3.8) is 0 Å². The molecule has 292 valence electrons. The number of carbonyl (C=O) groups excluding carboxylic acids is 2. The zero-order valence-electron chi connectivity index (χ0n) is 32.3. The summed E-state index contributed by atoms with van der Waals surface area (Å²) in [6, 6.07) is 29.3. The highest BCUT2D eigenvalue weighted by Crippen LogP contribution is 2.37. The second-order valence-electron chi connectivity index (χ2n) is 14.8. The summed E-state index contributed by atoms with van der Waals surface area (Å²) in [6.07, 6.45) is 6.04. The van der Waals surface area contributed by atoms with Gasteiger partial charge in [-0.15, -0.1) is 0 Å². The molecule has 2 atom stereocenters. The molecule has 0 spiro atoms. The molecule has 2 unspecified atom stereocenters. The molecule has 0 radical (unpaired) electrons. The third kappa shape index (κ3) is 9.99. The fourth-order valence-electron chi connectivity index (χ4n) is 7.51. The van der Waals surface area contributed by atoms with Crippen molar-refractivity contribution >= 4 is 23.4 Å². The van der Waals surface area contributed by atoms with Gasteiger partial charge in [-0.2, -0.15) is 5.26 Å². The largest absolute Gasteiger partial charge is 0.488 e. The van der Waals surface area contributed by atoms with Crippen molar-refractivity contribution < 1.29 is 19.1 Å². The number of hydrogen-bond acceptors (Lipinski definition) is 8.